The molecule has 0 spiro atoms. The third-order valence-electron chi connectivity index (χ3n) is 5.26. The molecule has 0 aliphatic rings. The van der Waals surface area contributed by atoms with Gasteiger partial charge < -0.3 is 10.1 Å². The monoisotopic (exact) mass is 410 g/mol. The molecule has 4 rings (SSSR count). The molecule has 5 heteroatoms. The van der Waals surface area contributed by atoms with E-state index in [2.05, 4.69) is 5.32 Å². The van der Waals surface area contributed by atoms with Crippen LogP contribution in [0.4, 0.5) is 0 Å². The Labute approximate surface area is 180 Å². The van der Waals surface area contributed by atoms with Crippen LogP contribution < -0.4 is 5.32 Å². The zero-order chi connectivity index (χ0) is 21.8. The number of benzene rings is 3. The molecule has 31 heavy (non-hydrogen) atoms. The minimum absolute atomic E-state index is 0.354. The summed E-state index contributed by atoms with van der Waals surface area (Å²) in [4.78, 5) is 30.8. The summed E-state index contributed by atoms with van der Waals surface area (Å²) in [6.45, 7) is 1.88. The number of para-hydroxylation sites is 1. The van der Waals surface area contributed by atoms with Crippen LogP contribution in [-0.4, -0.2) is 24.0 Å². The first-order valence-electron chi connectivity index (χ1n) is 9.98. The van der Waals surface area contributed by atoms with Crippen molar-refractivity contribution in [1.82, 2.24) is 10.3 Å². The highest BCUT2D eigenvalue weighted by molar-refractivity contribution is 6.09. The van der Waals surface area contributed by atoms with Gasteiger partial charge in [-0.15, -0.1) is 0 Å². The number of amides is 1. The largest absolute Gasteiger partial charge is 0.467 e. The quantitative estimate of drug-likeness (QED) is 0.478. The topological polar surface area (TPSA) is 68.3 Å². The van der Waals surface area contributed by atoms with E-state index in [1.807, 2.05) is 79.7 Å². The van der Waals surface area contributed by atoms with Gasteiger partial charge in [0, 0.05) is 10.9 Å². The number of nitrogens with zero attached hydrogens (tertiary/aromatic N) is 1. The van der Waals surface area contributed by atoms with Gasteiger partial charge in [0.05, 0.1) is 23.9 Å². The van der Waals surface area contributed by atoms with Gasteiger partial charge in [-0.25, -0.2) is 9.78 Å². The Bertz CT molecular complexity index is 1240. The Hall–Kier alpha value is -3.99. The molecule has 0 saturated heterocycles. The van der Waals surface area contributed by atoms with Crippen molar-refractivity contribution in [3.8, 4) is 11.3 Å². The molecule has 1 amide bonds. The number of hydrogen-bond donors (Lipinski definition) is 1. The Morgan fingerprint density at radius 2 is 1.48 bits per heavy atom. The van der Waals surface area contributed by atoms with Gasteiger partial charge in [0.25, 0.3) is 5.91 Å². The van der Waals surface area contributed by atoms with Crippen molar-refractivity contribution in [3.05, 3.63) is 102 Å². The minimum Gasteiger partial charge on any atom is -0.467 e. The van der Waals surface area contributed by atoms with Crippen LogP contribution in [0.1, 0.15) is 27.5 Å². The molecule has 1 heterocycles. The molecular weight excluding hydrogens is 388 g/mol. The Kier molecular flexibility index (Phi) is 5.76. The third kappa shape index (κ3) is 4.03. The van der Waals surface area contributed by atoms with Gasteiger partial charge >= 0.3 is 5.97 Å². The number of nitrogens with one attached hydrogen (secondary N) is 1. The van der Waals surface area contributed by atoms with Crippen molar-refractivity contribution >= 4 is 22.8 Å². The number of fused-ring (bicyclic) bond motifs is 1. The predicted octanol–water partition coefficient (Wildman–Crippen LogP) is 4.85. The van der Waals surface area contributed by atoms with E-state index in [4.69, 9.17) is 9.72 Å². The van der Waals surface area contributed by atoms with E-state index in [1.165, 1.54) is 7.11 Å². The lowest BCUT2D eigenvalue weighted by molar-refractivity contribution is -0.143. The zero-order valence-corrected chi connectivity index (χ0v) is 17.3. The summed E-state index contributed by atoms with van der Waals surface area (Å²) in [6.07, 6.45) is 0. The third-order valence-corrected chi connectivity index (χ3v) is 5.26. The van der Waals surface area contributed by atoms with Gasteiger partial charge in [0.2, 0.25) is 0 Å². The SMILES string of the molecule is COC(=O)[C@H](NC(=O)c1c(C)c(-c2ccccc2)nc2ccccc12)c1ccccc1. The summed E-state index contributed by atoms with van der Waals surface area (Å²) in [5.74, 6) is -0.883. The highest BCUT2D eigenvalue weighted by Gasteiger charge is 2.26. The first kappa shape index (κ1) is 20.3. The summed E-state index contributed by atoms with van der Waals surface area (Å²) >= 11 is 0. The van der Waals surface area contributed by atoms with E-state index in [-0.39, 0.29) is 5.91 Å². The van der Waals surface area contributed by atoms with Crippen molar-refractivity contribution in [3.63, 3.8) is 0 Å². The van der Waals surface area contributed by atoms with Crippen molar-refractivity contribution < 1.29 is 14.3 Å². The summed E-state index contributed by atoms with van der Waals surface area (Å²) in [6, 6.07) is 25.4. The van der Waals surface area contributed by atoms with Crippen molar-refractivity contribution in [2.45, 2.75) is 13.0 Å². The van der Waals surface area contributed by atoms with Crippen molar-refractivity contribution in [1.29, 1.82) is 0 Å². The molecule has 1 atom stereocenters. The molecule has 0 aliphatic heterocycles. The lowest BCUT2D eigenvalue weighted by Gasteiger charge is -2.19. The Morgan fingerprint density at radius 1 is 0.871 bits per heavy atom. The molecule has 1 aromatic heterocycles. The van der Waals surface area contributed by atoms with Gasteiger partial charge in [0.1, 0.15) is 0 Å². The number of carbonyl (C=O) groups is 2. The predicted molar refractivity (Wildman–Crippen MR) is 121 cm³/mol. The molecule has 154 valence electrons. The van der Waals surface area contributed by atoms with Gasteiger partial charge in [-0.05, 0) is 24.1 Å². The number of hydrogen-bond acceptors (Lipinski definition) is 4. The second-order valence-electron chi connectivity index (χ2n) is 7.18. The normalized spacial score (nSPS) is 11.7. The second kappa shape index (κ2) is 8.79. The number of rotatable bonds is 5. The Morgan fingerprint density at radius 3 is 2.16 bits per heavy atom. The lowest BCUT2D eigenvalue weighted by Crippen LogP contribution is -2.35. The van der Waals surface area contributed by atoms with Gasteiger partial charge in [-0.2, -0.15) is 0 Å². The number of pyridine rings is 1. The van der Waals surface area contributed by atoms with Crippen LogP contribution in [0, 0.1) is 6.92 Å². The molecule has 0 aliphatic carbocycles. The highest BCUT2D eigenvalue weighted by atomic mass is 16.5. The maximum Gasteiger partial charge on any atom is 0.333 e. The molecule has 3 aromatic carbocycles. The number of ether oxygens (including phenoxy) is 1. The average Bonchev–Trinajstić information content (AvgIpc) is 2.82. The van der Waals surface area contributed by atoms with Crippen LogP contribution in [0.5, 0.6) is 0 Å². The number of carbonyl (C=O) groups excluding carboxylic acids is 2. The van der Waals surface area contributed by atoms with Crippen LogP contribution >= 0.6 is 0 Å². The molecule has 5 nitrogen and oxygen atoms in total. The smallest absolute Gasteiger partial charge is 0.333 e. The van der Waals surface area contributed by atoms with E-state index in [9.17, 15) is 9.59 Å². The van der Waals surface area contributed by atoms with E-state index >= 15 is 0 Å². The molecule has 0 unspecified atom stereocenters. The van der Waals surface area contributed by atoms with Crippen molar-refractivity contribution in [2.24, 2.45) is 0 Å². The first-order valence-corrected chi connectivity index (χ1v) is 9.98. The molecule has 0 bridgehead atoms. The second-order valence-corrected chi connectivity index (χ2v) is 7.18. The molecule has 0 fully saturated rings. The van der Waals surface area contributed by atoms with Crippen LogP contribution in [0.25, 0.3) is 22.2 Å². The number of esters is 1. The van der Waals surface area contributed by atoms with E-state index in [1.54, 1.807) is 12.1 Å². The number of methoxy groups -OCH3 is 1. The maximum atomic E-state index is 13.5. The molecule has 1 N–H and O–H groups in total. The van der Waals surface area contributed by atoms with Crippen LogP contribution in [0.3, 0.4) is 0 Å². The van der Waals surface area contributed by atoms with E-state index in [0.717, 1.165) is 22.2 Å². The minimum atomic E-state index is -0.912. The highest BCUT2D eigenvalue weighted by Crippen LogP contribution is 2.30. The van der Waals surface area contributed by atoms with Gasteiger partial charge in [-0.3, -0.25) is 4.79 Å². The van der Waals surface area contributed by atoms with Crippen LogP contribution in [-0.2, 0) is 9.53 Å². The van der Waals surface area contributed by atoms with E-state index in [0.29, 0.717) is 16.6 Å². The van der Waals surface area contributed by atoms with Crippen LogP contribution in [0.2, 0.25) is 0 Å². The fourth-order valence-electron chi connectivity index (χ4n) is 3.72. The van der Waals surface area contributed by atoms with E-state index < -0.39 is 12.0 Å². The summed E-state index contributed by atoms with van der Waals surface area (Å²) in [7, 11) is 1.31. The fraction of sp³-hybridized carbons (Fsp3) is 0.115. The lowest BCUT2D eigenvalue weighted by atomic mass is 9.96. The van der Waals surface area contributed by atoms with Gasteiger partial charge in [-0.1, -0.05) is 78.9 Å². The summed E-state index contributed by atoms with van der Waals surface area (Å²) in [5.41, 5.74) is 4.27. The van der Waals surface area contributed by atoms with Crippen LogP contribution in [0.15, 0.2) is 84.9 Å². The maximum absolute atomic E-state index is 13.5. The zero-order valence-electron chi connectivity index (χ0n) is 17.3. The molecule has 4 aromatic rings. The molecule has 0 radical (unpaired) electrons. The molecule has 0 saturated carbocycles. The summed E-state index contributed by atoms with van der Waals surface area (Å²) < 4.78 is 4.95. The number of aromatic nitrogens is 1. The summed E-state index contributed by atoms with van der Waals surface area (Å²) in [5, 5.41) is 3.60. The molecular formula is C26H22N2O3. The Balaban J connectivity index is 1.83. The fourth-order valence-corrected chi connectivity index (χ4v) is 3.72. The standard InChI is InChI=1S/C26H22N2O3/c1-17-22(25(29)28-24(26(30)31-2)19-13-7-4-8-14-19)20-15-9-10-16-21(20)27-23(17)18-11-5-3-6-12-18/h3-16,24H,1-2H3,(H,28,29)/t24-/m1/s1. The first-order chi connectivity index (χ1) is 15.1. The average molecular weight is 410 g/mol. The van der Waals surface area contributed by atoms with Crippen molar-refractivity contribution in [2.75, 3.05) is 7.11 Å². The van der Waals surface area contributed by atoms with Gasteiger partial charge in [0.15, 0.2) is 6.04 Å².